The van der Waals surface area contributed by atoms with E-state index in [1.54, 1.807) is 6.07 Å². The summed E-state index contributed by atoms with van der Waals surface area (Å²) in [6.07, 6.45) is 0.696. The quantitative estimate of drug-likeness (QED) is 0.618. The van der Waals surface area contributed by atoms with E-state index in [0.717, 1.165) is 10.9 Å². The number of aryl methyl sites for hydroxylation is 1. The highest BCUT2D eigenvalue weighted by atomic mass is 35.5. The molecule has 1 heterocycles. The molecule has 0 saturated carbocycles. The zero-order chi connectivity index (χ0) is 15.0. The van der Waals surface area contributed by atoms with Crippen LogP contribution in [0.25, 0.3) is 22.2 Å². The molecule has 2 aromatic carbocycles. The van der Waals surface area contributed by atoms with E-state index in [-0.39, 0.29) is 5.52 Å². The molecule has 3 aromatic rings. The lowest BCUT2D eigenvalue weighted by Crippen LogP contribution is -1.96. The van der Waals surface area contributed by atoms with Gasteiger partial charge in [-0.1, -0.05) is 30.7 Å². The van der Waals surface area contributed by atoms with Gasteiger partial charge in [-0.25, -0.2) is 13.8 Å². The highest BCUT2D eigenvalue weighted by Crippen LogP contribution is 2.32. The van der Waals surface area contributed by atoms with Gasteiger partial charge in [0.15, 0.2) is 0 Å². The lowest BCUT2D eigenvalue weighted by molar-refractivity contribution is 0.628. The highest BCUT2D eigenvalue weighted by molar-refractivity contribution is 6.33. The predicted molar refractivity (Wildman–Crippen MR) is 81.5 cm³/mol. The predicted octanol–water partition coefficient (Wildman–Crippen LogP) is 5.40. The van der Waals surface area contributed by atoms with E-state index < -0.39 is 11.6 Å². The van der Waals surface area contributed by atoms with Gasteiger partial charge in [-0.2, -0.15) is 0 Å². The van der Waals surface area contributed by atoms with Gasteiger partial charge in [-0.3, -0.25) is 0 Å². The van der Waals surface area contributed by atoms with Crippen molar-refractivity contribution in [1.29, 1.82) is 0 Å². The van der Waals surface area contributed by atoms with E-state index in [1.807, 2.05) is 19.1 Å². The van der Waals surface area contributed by atoms with E-state index in [2.05, 4.69) is 4.98 Å². The molecule has 0 spiro atoms. The summed E-state index contributed by atoms with van der Waals surface area (Å²) in [5, 5.41) is 1.12. The standard InChI is InChI=1S/C17H12ClF2N/c1-2-10-8-11-4-3-5-15(20)17(11)21-16(10)13-9-12(19)6-7-14(13)18/h3-9H,2H2,1H3. The number of benzene rings is 2. The SMILES string of the molecule is CCc1cc2cccc(F)c2nc1-c1cc(F)ccc1Cl. The van der Waals surface area contributed by atoms with Crippen LogP contribution in [-0.2, 0) is 6.42 Å². The summed E-state index contributed by atoms with van der Waals surface area (Å²) in [6, 6.07) is 10.8. The van der Waals surface area contributed by atoms with Crippen LogP contribution in [0.3, 0.4) is 0 Å². The highest BCUT2D eigenvalue weighted by Gasteiger charge is 2.14. The van der Waals surface area contributed by atoms with Crippen molar-refractivity contribution < 1.29 is 8.78 Å². The van der Waals surface area contributed by atoms with Crippen molar-refractivity contribution in [3.8, 4) is 11.3 Å². The molecule has 106 valence electrons. The zero-order valence-corrected chi connectivity index (χ0v) is 12.1. The minimum absolute atomic E-state index is 0.269. The molecule has 21 heavy (non-hydrogen) atoms. The Bertz CT molecular complexity index is 830. The minimum Gasteiger partial charge on any atom is -0.244 e. The summed E-state index contributed by atoms with van der Waals surface area (Å²) in [7, 11) is 0. The van der Waals surface area contributed by atoms with E-state index >= 15 is 0 Å². The average molecular weight is 304 g/mol. The van der Waals surface area contributed by atoms with E-state index in [1.165, 1.54) is 24.3 Å². The average Bonchev–Trinajstić information content (AvgIpc) is 2.49. The second-order valence-electron chi connectivity index (χ2n) is 4.79. The van der Waals surface area contributed by atoms with Crippen molar-refractivity contribution >= 4 is 22.5 Å². The molecule has 0 saturated heterocycles. The van der Waals surface area contributed by atoms with Crippen LogP contribution in [-0.4, -0.2) is 4.98 Å². The molecule has 0 bridgehead atoms. The largest absolute Gasteiger partial charge is 0.244 e. The van der Waals surface area contributed by atoms with Crippen LogP contribution in [0.15, 0.2) is 42.5 Å². The Morgan fingerprint density at radius 1 is 1.10 bits per heavy atom. The normalized spacial score (nSPS) is 11.0. The molecule has 1 nitrogen and oxygen atoms in total. The van der Waals surface area contributed by atoms with Gasteiger partial charge in [0.25, 0.3) is 0 Å². The molecule has 0 amide bonds. The summed E-state index contributed by atoms with van der Waals surface area (Å²) in [4.78, 5) is 4.39. The number of hydrogen-bond acceptors (Lipinski definition) is 1. The molecule has 0 atom stereocenters. The maximum absolute atomic E-state index is 13.9. The van der Waals surface area contributed by atoms with Crippen molar-refractivity contribution in [2.75, 3.05) is 0 Å². The molecule has 1 aromatic heterocycles. The molecular formula is C17H12ClF2N. The monoisotopic (exact) mass is 303 g/mol. The first-order valence-corrected chi connectivity index (χ1v) is 7.01. The van der Waals surface area contributed by atoms with Gasteiger partial charge in [0, 0.05) is 10.9 Å². The number of halogens is 3. The Labute approximate surface area is 126 Å². The first-order valence-electron chi connectivity index (χ1n) is 6.63. The maximum Gasteiger partial charge on any atom is 0.149 e. The van der Waals surface area contributed by atoms with Crippen molar-refractivity contribution in [2.24, 2.45) is 0 Å². The van der Waals surface area contributed by atoms with Gasteiger partial charge in [0.2, 0.25) is 0 Å². The first kappa shape index (κ1) is 14.0. The third kappa shape index (κ3) is 2.49. The fraction of sp³-hybridized carbons (Fsp3) is 0.118. The van der Waals surface area contributed by atoms with Crippen molar-refractivity contribution in [3.63, 3.8) is 0 Å². The van der Waals surface area contributed by atoms with E-state index in [9.17, 15) is 8.78 Å². The fourth-order valence-electron chi connectivity index (χ4n) is 2.39. The lowest BCUT2D eigenvalue weighted by atomic mass is 10.0. The number of fused-ring (bicyclic) bond motifs is 1. The molecular weight excluding hydrogens is 292 g/mol. The number of rotatable bonds is 2. The number of para-hydroxylation sites is 1. The molecule has 0 fully saturated rings. The summed E-state index contributed by atoms with van der Waals surface area (Å²) < 4.78 is 27.4. The number of hydrogen-bond donors (Lipinski definition) is 0. The van der Waals surface area contributed by atoms with Crippen LogP contribution in [0.5, 0.6) is 0 Å². The van der Waals surface area contributed by atoms with E-state index in [0.29, 0.717) is 22.7 Å². The van der Waals surface area contributed by atoms with Crippen LogP contribution < -0.4 is 0 Å². The molecule has 0 aliphatic heterocycles. The van der Waals surface area contributed by atoms with Crippen LogP contribution >= 0.6 is 11.6 Å². The number of nitrogens with zero attached hydrogens (tertiary/aromatic N) is 1. The Morgan fingerprint density at radius 3 is 2.67 bits per heavy atom. The molecule has 4 heteroatoms. The number of aromatic nitrogens is 1. The Hall–Kier alpha value is -2.00. The Kier molecular flexibility index (Phi) is 3.60. The van der Waals surface area contributed by atoms with Crippen LogP contribution in [0, 0.1) is 11.6 Å². The molecule has 0 aliphatic carbocycles. The van der Waals surface area contributed by atoms with Crippen molar-refractivity contribution in [1.82, 2.24) is 4.98 Å². The Balaban J connectivity index is 2.35. The molecule has 3 rings (SSSR count). The summed E-state index contributed by atoms with van der Waals surface area (Å²) >= 11 is 6.15. The van der Waals surface area contributed by atoms with Crippen molar-refractivity contribution in [3.05, 3.63) is 64.7 Å². The van der Waals surface area contributed by atoms with Gasteiger partial charge in [0.05, 0.1) is 10.7 Å². The van der Waals surface area contributed by atoms with Gasteiger partial charge in [-0.15, -0.1) is 0 Å². The summed E-state index contributed by atoms with van der Waals surface area (Å²) in [5.41, 5.74) is 2.18. The van der Waals surface area contributed by atoms with Gasteiger partial charge in [-0.05, 0) is 42.3 Å². The second kappa shape index (κ2) is 5.41. The van der Waals surface area contributed by atoms with Crippen LogP contribution in [0.4, 0.5) is 8.78 Å². The third-order valence-electron chi connectivity index (χ3n) is 3.44. The van der Waals surface area contributed by atoms with Crippen LogP contribution in [0.2, 0.25) is 5.02 Å². The lowest BCUT2D eigenvalue weighted by Gasteiger charge is -2.11. The van der Waals surface area contributed by atoms with Gasteiger partial charge < -0.3 is 0 Å². The Morgan fingerprint density at radius 2 is 1.90 bits per heavy atom. The molecule has 0 radical (unpaired) electrons. The second-order valence-corrected chi connectivity index (χ2v) is 5.19. The summed E-state index contributed by atoms with van der Waals surface area (Å²) in [6.45, 7) is 1.97. The molecule has 0 N–H and O–H groups in total. The smallest absolute Gasteiger partial charge is 0.149 e. The fourth-order valence-corrected chi connectivity index (χ4v) is 2.59. The number of pyridine rings is 1. The topological polar surface area (TPSA) is 12.9 Å². The zero-order valence-electron chi connectivity index (χ0n) is 11.3. The first-order chi connectivity index (χ1) is 10.1. The van der Waals surface area contributed by atoms with Gasteiger partial charge >= 0.3 is 0 Å². The summed E-state index contributed by atoms with van der Waals surface area (Å²) in [5.74, 6) is -0.796. The van der Waals surface area contributed by atoms with Crippen molar-refractivity contribution in [2.45, 2.75) is 13.3 Å². The maximum atomic E-state index is 13.9. The molecule has 0 aliphatic rings. The van der Waals surface area contributed by atoms with Gasteiger partial charge in [0.1, 0.15) is 17.2 Å². The third-order valence-corrected chi connectivity index (χ3v) is 3.77. The molecule has 0 unspecified atom stereocenters. The minimum atomic E-state index is -0.399. The van der Waals surface area contributed by atoms with E-state index in [4.69, 9.17) is 11.6 Å². The van der Waals surface area contributed by atoms with Crippen LogP contribution in [0.1, 0.15) is 12.5 Å².